The SMILES string of the molecule is CC1(C)[C@]2(C)NC(=O)[C@@]1(C#N)C(C#N)=C(Br)N2. The van der Waals surface area contributed by atoms with Gasteiger partial charge in [-0.1, -0.05) is 13.8 Å². The van der Waals surface area contributed by atoms with Crippen LogP contribution in [0.5, 0.6) is 0 Å². The third-order valence-electron chi connectivity index (χ3n) is 4.13. The summed E-state index contributed by atoms with van der Waals surface area (Å²) in [7, 11) is 0. The van der Waals surface area contributed by atoms with Crippen molar-refractivity contribution in [2.75, 3.05) is 0 Å². The van der Waals surface area contributed by atoms with Crippen LogP contribution in [-0.2, 0) is 4.79 Å². The summed E-state index contributed by atoms with van der Waals surface area (Å²) in [6.07, 6.45) is 0. The van der Waals surface area contributed by atoms with Crippen molar-refractivity contribution in [3.63, 3.8) is 0 Å². The van der Waals surface area contributed by atoms with E-state index in [0.29, 0.717) is 4.61 Å². The van der Waals surface area contributed by atoms with E-state index in [1.165, 1.54) is 0 Å². The molecule has 0 aromatic heterocycles. The van der Waals surface area contributed by atoms with Crippen LogP contribution in [0.2, 0.25) is 0 Å². The molecule has 0 aromatic rings. The van der Waals surface area contributed by atoms with Gasteiger partial charge in [-0.2, -0.15) is 10.5 Å². The number of halogens is 1. The predicted octanol–water partition coefficient (Wildman–Crippen LogP) is 1.10. The molecule has 2 aliphatic rings. The van der Waals surface area contributed by atoms with Crippen molar-refractivity contribution >= 4 is 21.8 Å². The molecule has 2 atom stereocenters. The summed E-state index contributed by atoms with van der Waals surface area (Å²) in [5.41, 5.74) is -2.79. The largest absolute Gasteiger partial charge is 0.356 e. The van der Waals surface area contributed by atoms with E-state index in [1.54, 1.807) is 20.8 Å². The number of amides is 1. The van der Waals surface area contributed by atoms with E-state index in [-0.39, 0.29) is 5.57 Å². The molecule has 2 aliphatic heterocycles. The van der Waals surface area contributed by atoms with E-state index >= 15 is 0 Å². The van der Waals surface area contributed by atoms with Gasteiger partial charge in [-0.25, -0.2) is 0 Å². The Bertz CT molecular complexity index is 539. The van der Waals surface area contributed by atoms with Crippen molar-refractivity contribution in [2.45, 2.75) is 26.4 Å². The number of hydrogen-bond acceptors (Lipinski definition) is 4. The van der Waals surface area contributed by atoms with Gasteiger partial charge in [-0.05, 0) is 22.9 Å². The minimum absolute atomic E-state index is 0.137. The van der Waals surface area contributed by atoms with Gasteiger partial charge in [0.1, 0.15) is 5.66 Å². The fourth-order valence-electron chi connectivity index (χ4n) is 2.58. The molecule has 0 aliphatic carbocycles. The molecule has 2 rings (SSSR count). The number of hydrogen-bond donors (Lipinski definition) is 2. The van der Waals surface area contributed by atoms with Gasteiger partial charge in [0.25, 0.3) is 0 Å². The van der Waals surface area contributed by atoms with Crippen molar-refractivity contribution in [3.05, 3.63) is 10.2 Å². The highest BCUT2D eigenvalue weighted by Gasteiger charge is 2.72. The zero-order chi connectivity index (χ0) is 13.1. The van der Waals surface area contributed by atoms with E-state index < -0.39 is 22.4 Å². The summed E-state index contributed by atoms with van der Waals surface area (Å²) >= 11 is 3.23. The quantitative estimate of drug-likeness (QED) is 0.655. The van der Waals surface area contributed by atoms with Gasteiger partial charge >= 0.3 is 0 Å². The lowest BCUT2D eigenvalue weighted by molar-refractivity contribution is -0.125. The first-order chi connectivity index (χ1) is 7.77. The van der Waals surface area contributed by atoms with Crippen LogP contribution in [0.1, 0.15) is 20.8 Å². The summed E-state index contributed by atoms with van der Waals surface area (Å²) in [6.45, 7) is 5.41. The Morgan fingerprint density at radius 3 is 2.29 bits per heavy atom. The molecule has 0 unspecified atom stereocenters. The van der Waals surface area contributed by atoms with Crippen LogP contribution < -0.4 is 10.6 Å². The maximum atomic E-state index is 12.2. The number of carbonyl (C=O) groups excluding carboxylic acids is 1. The average molecular weight is 295 g/mol. The minimum atomic E-state index is -1.44. The maximum absolute atomic E-state index is 12.2. The number of carbonyl (C=O) groups is 1. The van der Waals surface area contributed by atoms with E-state index in [9.17, 15) is 15.3 Å². The molecule has 17 heavy (non-hydrogen) atoms. The summed E-state index contributed by atoms with van der Waals surface area (Å²) in [6, 6.07) is 4.01. The second kappa shape index (κ2) is 3.02. The smallest absolute Gasteiger partial charge is 0.248 e. The molecule has 0 spiro atoms. The molecule has 1 saturated heterocycles. The number of rotatable bonds is 0. The fraction of sp³-hybridized carbons (Fsp3) is 0.545. The lowest BCUT2D eigenvalue weighted by atomic mass is 9.58. The van der Waals surface area contributed by atoms with Crippen LogP contribution >= 0.6 is 15.9 Å². The molecule has 2 bridgehead atoms. The number of nitrogens with zero attached hydrogens (tertiary/aromatic N) is 2. The second-order valence-corrected chi connectivity index (χ2v) is 5.78. The molecular weight excluding hydrogens is 284 g/mol. The summed E-state index contributed by atoms with van der Waals surface area (Å²) in [4.78, 5) is 12.2. The van der Waals surface area contributed by atoms with Crippen LogP contribution in [0.3, 0.4) is 0 Å². The Balaban J connectivity index is 2.87. The molecule has 0 radical (unpaired) electrons. The van der Waals surface area contributed by atoms with Gasteiger partial charge in [0.2, 0.25) is 5.91 Å². The maximum Gasteiger partial charge on any atom is 0.248 e. The van der Waals surface area contributed by atoms with Crippen LogP contribution in [-0.4, -0.2) is 11.6 Å². The third-order valence-corrected chi connectivity index (χ3v) is 4.72. The highest BCUT2D eigenvalue weighted by Crippen LogP contribution is 2.58. The summed E-state index contributed by atoms with van der Waals surface area (Å²) in [5, 5.41) is 24.5. The zero-order valence-electron chi connectivity index (χ0n) is 9.68. The van der Waals surface area contributed by atoms with Crippen LogP contribution in [0, 0.1) is 33.5 Å². The molecule has 88 valence electrons. The lowest BCUT2D eigenvalue weighted by Gasteiger charge is -2.47. The Hall–Kier alpha value is -1.53. The third kappa shape index (κ3) is 0.999. The molecule has 2 N–H and O–H groups in total. The number of nitriles is 2. The topological polar surface area (TPSA) is 88.7 Å². The number of nitrogens with one attached hydrogen (secondary N) is 2. The minimum Gasteiger partial charge on any atom is -0.356 e. The first-order valence-electron chi connectivity index (χ1n) is 5.09. The van der Waals surface area contributed by atoms with Crippen molar-refractivity contribution in [1.29, 1.82) is 10.5 Å². The number of fused-ring (bicyclic) bond motifs is 2. The van der Waals surface area contributed by atoms with Crippen molar-refractivity contribution in [2.24, 2.45) is 10.8 Å². The standard InChI is InChI=1S/C11H11BrN4O/c1-9(2)10(3)15-7(12)6(4-13)11(9,5-14)8(17)16-10/h15H,1-3H3,(H,16,17)/t10-,11+/m0/s1. The van der Waals surface area contributed by atoms with Gasteiger partial charge in [0, 0.05) is 5.41 Å². The van der Waals surface area contributed by atoms with Crippen LogP contribution in [0.25, 0.3) is 0 Å². The zero-order valence-corrected chi connectivity index (χ0v) is 11.3. The van der Waals surface area contributed by atoms with Gasteiger partial charge < -0.3 is 10.6 Å². The lowest BCUT2D eigenvalue weighted by Crippen LogP contribution is -2.62. The molecule has 0 saturated carbocycles. The molecule has 0 aromatic carbocycles. The summed E-state index contributed by atoms with van der Waals surface area (Å²) in [5.74, 6) is -0.425. The Labute approximate surface area is 108 Å². The van der Waals surface area contributed by atoms with E-state index in [4.69, 9.17) is 0 Å². The van der Waals surface area contributed by atoms with E-state index in [1.807, 2.05) is 12.1 Å². The van der Waals surface area contributed by atoms with Crippen LogP contribution in [0.15, 0.2) is 10.2 Å². The van der Waals surface area contributed by atoms with Crippen molar-refractivity contribution in [3.8, 4) is 12.1 Å². The van der Waals surface area contributed by atoms with Gasteiger partial charge in [-0.3, -0.25) is 4.79 Å². The fourth-order valence-corrected chi connectivity index (χ4v) is 3.36. The molecular formula is C11H11BrN4O. The van der Waals surface area contributed by atoms with E-state index in [2.05, 4.69) is 26.6 Å². The first-order valence-corrected chi connectivity index (χ1v) is 5.88. The van der Waals surface area contributed by atoms with E-state index in [0.717, 1.165) is 0 Å². The molecule has 6 heteroatoms. The van der Waals surface area contributed by atoms with Gasteiger partial charge in [0.05, 0.1) is 22.3 Å². The predicted molar refractivity (Wildman–Crippen MR) is 63.1 cm³/mol. The highest BCUT2D eigenvalue weighted by molar-refractivity contribution is 9.11. The Kier molecular flexibility index (Phi) is 2.12. The molecule has 2 heterocycles. The second-order valence-electron chi connectivity index (χ2n) is 4.99. The summed E-state index contributed by atoms with van der Waals surface area (Å²) < 4.78 is 0.404. The van der Waals surface area contributed by atoms with Crippen molar-refractivity contribution < 1.29 is 4.79 Å². The monoisotopic (exact) mass is 294 g/mol. The molecule has 1 amide bonds. The Morgan fingerprint density at radius 1 is 1.24 bits per heavy atom. The molecule has 5 nitrogen and oxygen atoms in total. The van der Waals surface area contributed by atoms with Gasteiger partial charge in [0.15, 0.2) is 5.41 Å². The first kappa shape index (κ1) is 11.9. The average Bonchev–Trinajstić information content (AvgIpc) is 2.31. The van der Waals surface area contributed by atoms with Crippen LogP contribution in [0.4, 0.5) is 0 Å². The van der Waals surface area contributed by atoms with Crippen molar-refractivity contribution in [1.82, 2.24) is 10.6 Å². The van der Waals surface area contributed by atoms with Gasteiger partial charge in [-0.15, -0.1) is 0 Å². The molecule has 1 fully saturated rings. The Morgan fingerprint density at radius 2 is 1.82 bits per heavy atom. The normalized spacial score (nSPS) is 37.9. The highest BCUT2D eigenvalue weighted by atomic mass is 79.9.